The van der Waals surface area contributed by atoms with Gasteiger partial charge in [0.25, 0.3) is 5.91 Å². The van der Waals surface area contributed by atoms with Crippen LogP contribution in [0.5, 0.6) is 5.75 Å². The van der Waals surface area contributed by atoms with E-state index < -0.39 is 0 Å². The molecule has 5 nitrogen and oxygen atoms in total. The largest absolute Gasteiger partial charge is 0.490 e. The number of benzene rings is 1. The van der Waals surface area contributed by atoms with E-state index in [-0.39, 0.29) is 5.91 Å². The van der Waals surface area contributed by atoms with Crippen LogP contribution >= 0.6 is 0 Å². The van der Waals surface area contributed by atoms with E-state index in [9.17, 15) is 4.79 Å². The molecule has 2 rings (SSSR count). The number of carbonyl (C=O) groups excluding carboxylic acids is 1. The van der Waals surface area contributed by atoms with E-state index in [1.807, 2.05) is 12.1 Å². The Bertz CT molecular complexity index is 500. The van der Waals surface area contributed by atoms with Crippen LogP contribution in [0.2, 0.25) is 0 Å². The van der Waals surface area contributed by atoms with Crippen molar-refractivity contribution < 1.29 is 14.3 Å². The second-order valence-corrected chi connectivity index (χ2v) is 4.84. The van der Waals surface area contributed by atoms with E-state index in [1.54, 1.807) is 19.2 Å². The predicted molar refractivity (Wildman–Crippen MR) is 81.7 cm³/mol. The van der Waals surface area contributed by atoms with E-state index >= 15 is 0 Å². The average Bonchev–Trinajstić information content (AvgIpc) is 2.54. The molecule has 0 spiro atoms. The Labute approximate surface area is 125 Å². The number of nitrogens with one attached hydrogen (secondary N) is 2. The molecule has 2 N–H and O–H groups in total. The molecule has 0 radical (unpaired) electrons. The van der Waals surface area contributed by atoms with Gasteiger partial charge in [0.15, 0.2) is 0 Å². The number of methoxy groups -OCH3 is 1. The maximum absolute atomic E-state index is 12.3. The summed E-state index contributed by atoms with van der Waals surface area (Å²) in [6, 6.07) is 7.26. The Morgan fingerprint density at radius 1 is 1.33 bits per heavy atom. The summed E-state index contributed by atoms with van der Waals surface area (Å²) in [5.41, 5.74) is 1.82. The minimum atomic E-state index is -0.109. The van der Waals surface area contributed by atoms with Crippen molar-refractivity contribution in [2.75, 3.05) is 40.0 Å². The molecule has 1 aromatic rings. The van der Waals surface area contributed by atoms with E-state index in [2.05, 4.69) is 16.7 Å². The van der Waals surface area contributed by atoms with E-state index in [0.29, 0.717) is 31.1 Å². The molecule has 1 aliphatic heterocycles. The van der Waals surface area contributed by atoms with Crippen molar-refractivity contribution in [2.24, 2.45) is 0 Å². The number of hydrogen-bond acceptors (Lipinski definition) is 4. The average molecular weight is 290 g/mol. The van der Waals surface area contributed by atoms with Gasteiger partial charge in [-0.2, -0.15) is 0 Å². The molecule has 0 saturated carbocycles. The highest BCUT2D eigenvalue weighted by Crippen LogP contribution is 2.18. The Balaban J connectivity index is 1.93. The molecule has 5 heteroatoms. The maximum atomic E-state index is 12.3. The molecule has 1 amide bonds. The van der Waals surface area contributed by atoms with Gasteiger partial charge in [0.05, 0.1) is 12.2 Å². The highest BCUT2D eigenvalue weighted by molar-refractivity contribution is 5.97. The minimum Gasteiger partial charge on any atom is -0.490 e. The number of amides is 1. The molecule has 0 fully saturated rings. The van der Waals surface area contributed by atoms with E-state index in [4.69, 9.17) is 9.47 Å². The Morgan fingerprint density at radius 3 is 2.95 bits per heavy atom. The standard InChI is InChI=1S/C16H22N2O3/c1-20-10-11-21-15-5-3-2-4-14(15)16(19)18-12-13-6-8-17-9-7-13/h2-6,17H,7-12H2,1H3,(H,18,19). The first-order chi connectivity index (χ1) is 10.3. The van der Waals surface area contributed by atoms with Gasteiger partial charge < -0.3 is 20.1 Å². The number of hydrogen-bond donors (Lipinski definition) is 2. The molecule has 1 heterocycles. The first-order valence-corrected chi connectivity index (χ1v) is 7.19. The lowest BCUT2D eigenvalue weighted by atomic mass is 10.1. The molecule has 0 saturated heterocycles. The summed E-state index contributed by atoms with van der Waals surface area (Å²) in [5, 5.41) is 6.20. The Morgan fingerprint density at radius 2 is 2.19 bits per heavy atom. The third kappa shape index (κ3) is 4.88. The molecule has 1 aromatic carbocycles. The maximum Gasteiger partial charge on any atom is 0.255 e. The molecule has 21 heavy (non-hydrogen) atoms. The van der Waals surface area contributed by atoms with Crippen molar-refractivity contribution in [1.82, 2.24) is 10.6 Å². The molecule has 114 valence electrons. The van der Waals surface area contributed by atoms with Crippen LogP contribution < -0.4 is 15.4 Å². The molecule has 0 bridgehead atoms. The van der Waals surface area contributed by atoms with E-state index in [1.165, 1.54) is 5.57 Å². The topological polar surface area (TPSA) is 59.6 Å². The fourth-order valence-corrected chi connectivity index (χ4v) is 2.13. The highest BCUT2D eigenvalue weighted by atomic mass is 16.5. The van der Waals surface area contributed by atoms with Gasteiger partial charge in [0.1, 0.15) is 12.4 Å². The fraction of sp³-hybridized carbons (Fsp3) is 0.438. The predicted octanol–water partition coefficient (Wildman–Crippen LogP) is 1.36. The van der Waals surface area contributed by atoms with Gasteiger partial charge in [-0.25, -0.2) is 0 Å². The minimum absolute atomic E-state index is 0.109. The molecule has 0 atom stereocenters. The third-order valence-electron chi connectivity index (χ3n) is 3.31. The first-order valence-electron chi connectivity index (χ1n) is 7.19. The van der Waals surface area contributed by atoms with Crippen LogP contribution in [-0.2, 0) is 4.74 Å². The highest BCUT2D eigenvalue weighted by Gasteiger charge is 2.12. The van der Waals surface area contributed by atoms with E-state index in [0.717, 1.165) is 19.5 Å². The monoisotopic (exact) mass is 290 g/mol. The molecule has 0 unspecified atom stereocenters. The van der Waals surface area contributed by atoms with Crippen LogP contribution in [0.3, 0.4) is 0 Å². The smallest absolute Gasteiger partial charge is 0.255 e. The van der Waals surface area contributed by atoms with Gasteiger partial charge in [-0.15, -0.1) is 0 Å². The lowest BCUT2D eigenvalue weighted by molar-refractivity contribution is 0.0949. The second-order valence-electron chi connectivity index (χ2n) is 4.84. The zero-order valence-electron chi connectivity index (χ0n) is 12.4. The van der Waals surface area contributed by atoms with Gasteiger partial charge in [-0.05, 0) is 25.1 Å². The first kappa shape index (κ1) is 15.5. The summed E-state index contributed by atoms with van der Waals surface area (Å²) < 4.78 is 10.5. The molecule has 0 aromatic heterocycles. The number of ether oxygens (including phenoxy) is 2. The quantitative estimate of drug-likeness (QED) is 0.588. The van der Waals surface area contributed by atoms with Gasteiger partial charge in [-0.1, -0.05) is 23.8 Å². The lowest BCUT2D eigenvalue weighted by Gasteiger charge is -2.15. The van der Waals surface area contributed by atoms with Crippen molar-refractivity contribution in [3.8, 4) is 5.75 Å². The van der Waals surface area contributed by atoms with Crippen LogP contribution in [-0.4, -0.2) is 45.9 Å². The molecule has 0 aliphatic carbocycles. The lowest BCUT2D eigenvalue weighted by Crippen LogP contribution is -2.30. The van der Waals surface area contributed by atoms with Crippen molar-refractivity contribution >= 4 is 5.91 Å². The Hall–Kier alpha value is -1.85. The summed E-state index contributed by atoms with van der Waals surface area (Å²) in [6.07, 6.45) is 3.11. The summed E-state index contributed by atoms with van der Waals surface area (Å²) in [7, 11) is 1.62. The molecule has 1 aliphatic rings. The van der Waals surface area contributed by atoms with Gasteiger partial charge in [-0.3, -0.25) is 4.79 Å². The van der Waals surface area contributed by atoms with Gasteiger partial charge in [0.2, 0.25) is 0 Å². The summed E-state index contributed by atoms with van der Waals surface area (Å²) in [6.45, 7) is 3.36. The van der Waals surface area contributed by atoms with Crippen molar-refractivity contribution in [2.45, 2.75) is 6.42 Å². The van der Waals surface area contributed by atoms with Gasteiger partial charge in [0, 0.05) is 20.2 Å². The molecular weight excluding hydrogens is 268 g/mol. The van der Waals surface area contributed by atoms with Gasteiger partial charge >= 0.3 is 0 Å². The van der Waals surface area contributed by atoms with Crippen LogP contribution in [0.1, 0.15) is 16.8 Å². The van der Waals surface area contributed by atoms with Crippen molar-refractivity contribution in [3.63, 3.8) is 0 Å². The number of rotatable bonds is 7. The number of para-hydroxylation sites is 1. The summed E-state index contributed by atoms with van der Waals surface area (Å²) >= 11 is 0. The van der Waals surface area contributed by atoms with Crippen LogP contribution in [0, 0.1) is 0 Å². The van der Waals surface area contributed by atoms with Crippen LogP contribution in [0.25, 0.3) is 0 Å². The zero-order valence-corrected chi connectivity index (χ0v) is 12.4. The fourth-order valence-electron chi connectivity index (χ4n) is 2.13. The van der Waals surface area contributed by atoms with Crippen LogP contribution in [0.15, 0.2) is 35.9 Å². The summed E-state index contributed by atoms with van der Waals surface area (Å²) in [4.78, 5) is 12.3. The normalized spacial score (nSPS) is 14.4. The Kier molecular flexibility index (Phi) is 6.24. The SMILES string of the molecule is COCCOc1ccccc1C(=O)NCC1=CCNCC1. The summed E-state index contributed by atoms with van der Waals surface area (Å²) in [5.74, 6) is 0.480. The van der Waals surface area contributed by atoms with Crippen molar-refractivity contribution in [3.05, 3.63) is 41.5 Å². The van der Waals surface area contributed by atoms with Crippen molar-refractivity contribution in [1.29, 1.82) is 0 Å². The zero-order chi connectivity index (χ0) is 14.9. The number of carbonyl (C=O) groups is 1. The third-order valence-corrected chi connectivity index (χ3v) is 3.31. The molecular formula is C16H22N2O3. The van der Waals surface area contributed by atoms with Crippen LogP contribution in [0.4, 0.5) is 0 Å². The second kappa shape index (κ2) is 8.44.